The fourth-order valence-electron chi connectivity index (χ4n) is 3.80. The molecule has 0 aliphatic carbocycles. The number of hydrogen-bond acceptors (Lipinski definition) is 4. The summed E-state index contributed by atoms with van der Waals surface area (Å²) in [6, 6.07) is 8.41. The number of nitrogens with zero attached hydrogens (tertiary/aromatic N) is 2. The van der Waals surface area contributed by atoms with Gasteiger partial charge in [-0.3, -0.25) is 14.5 Å². The van der Waals surface area contributed by atoms with E-state index in [0.29, 0.717) is 23.4 Å². The average Bonchev–Trinajstić information content (AvgIpc) is 2.97. The molecule has 2 aromatic rings. The molecule has 0 saturated carbocycles. The molecule has 6 heteroatoms. The van der Waals surface area contributed by atoms with Gasteiger partial charge >= 0.3 is 0 Å². The number of aryl methyl sites for hydroxylation is 1. The molecule has 3 rings (SSSR count). The van der Waals surface area contributed by atoms with Crippen LogP contribution in [0.2, 0.25) is 0 Å². The predicted octanol–water partition coefficient (Wildman–Crippen LogP) is 2.51. The fourth-order valence-corrected chi connectivity index (χ4v) is 3.80. The molecule has 1 saturated heterocycles. The molecule has 1 aliphatic heterocycles. The van der Waals surface area contributed by atoms with Crippen LogP contribution >= 0.6 is 0 Å². The van der Waals surface area contributed by atoms with Crippen LogP contribution in [-0.2, 0) is 13.1 Å². The summed E-state index contributed by atoms with van der Waals surface area (Å²) in [5.74, 6) is -0.212. The molecule has 1 amide bonds. The second kappa shape index (κ2) is 8.71. The number of carbonyl (C=O) groups excluding carboxylic acids is 2. The summed E-state index contributed by atoms with van der Waals surface area (Å²) in [6.45, 7) is 11.0. The van der Waals surface area contributed by atoms with Gasteiger partial charge in [0.05, 0.1) is 0 Å². The van der Waals surface area contributed by atoms with E-state index in [4.69, 9.17) is 0 Å². The van der Waals surface area contributed by atoms with Crippen molar-refractivity contribution in [2.75, 3.05) is 33.2 Å². The number of piperazine rings is 1. The van der Waals surface area contributed by atoms with Gasteiger partial charge in [-0.15, -0.1) is 0 Å². The van der Waals surface area contributed by atoms with Crippen molar-refractivity contribution in [3.8, 4) is 0 Å². The highest BCUT2D eigenvalue weighted by atomic mass is 16.2. The maximum Gasteiger partial charge on any atom is 0.268 e. The number of aromatic nitrogens is 1. The zero-order valence-electron chi connectivity index (χ0n) is 17.3. The first kappa shape index (κ1) is 20.3. The first-order valence-corrected chi connectivity index (χ1v) is 9.82. The lowest BCUT2D eigenvalue weighted by Crippen LogP contribution is -2.43. The second-order valence-electron chi connectivity index (χ2n) is 7.76. The van der Waals surface area contributed by atoms with Crippen molar-refractivity contribution in [2.45, 2.75) is 33.9 Å². The van der Waals surface area contributed by atoms with Crippen LogP contribution in [0.1, 0.15) is 50.2 Å². The first-order valence-electron chi connectivity index (χ1n) is 9.82. The molecular weight excluding hydrogens is 352 g/mol. The average molecular weight is 383 g/mol. The largest absolute Gasteiger partial charge is 0.354 e. The highest BCUT2D eigenvalue weighted by Gasteiger charge is 2.19. The Bertz CT molecular complexity index is 846. The number of rotatable bonds is 6. The third-order valence-corrected chi connectivity index (χ3v) is 5.49. The Morgan fingerprint density at radius 2 is 1.64 bits per heavy atom. The summed E-state index contributed by atoms with van der Waals surface area (Å²) in [5, 5.41) is 2.94. The molecule has 28 heavy (non-hydrogen) atoms. The van der Waals surface area contributed by atoms with Crippen LogP contribution in [0.4, 0.5) is 0 Å². The van der Waals surface area contributed by atoms with Gasteiger partial charge in [0.1, 0.15) is 5.69 Å². The van der Waals surface area contributed by atoms with Gasteiger partial charge in [-0.05, 0) is 44.5 Å². The molecule has 150 valence electrons. The van der Waals surface area contributed by atoms with Gasteiger partial charge in [-0.1, -0.05) is 24.3 Å². The molecule has 0 bridgehead atoms. The Labute approximate surface area is 166 Å². The van der Waals surface area contributed by atoms with Crippen LogP contribution in [0.3, 0.4) is 0 Å². The number of aromatic amines is 1. The predicted molar refractivity (Wildman–Crippen MR) is 111 cm³/mol. The maximum absolute atomic E-state index is 12.5. The SMILES string of the molecule is CC(=O)c1c(C)[nH]c(C(=O)NCc2ccc(CN3CCN(C)CC3)cc2)c1C. The normalized spacial score (nSPS) is 15.6. The summed E-state index contributed by atoms with van der Waals surface area (Å²) in [6.07, 6.45) is 0. The molecule has 1 aromatic carbocycles. The number of benzene rings is 1. The molecule has 0 spiro atoms. The molecule has 1 aliphatic rings. The number of nitrogens with one attached hydrogen (secondary N) is 2. The molecule has 0 radical (unpaired) electrons. The van der Waals surface area contributed by atoms with Gasteiger partial charge in [0.25, 0.3) is 5.91 Å². The van der Waals surface area contributed by atoms with Gasteiger partial charge in [-0.25, -0.2) is 0 Å². The molecule has 6 nitrogen and oxygen atoms in total. The summed E-state index contributed by atoms with van der Waals surface area (Å²) >= 11 is 0. The van der Waals surface area contributed by atoms with Crippen LogP contribution in [0, 0.1) is 13.8 Å². The number of likely N-dealkylation sites (N-methyl/N-ethyl adjacent to an activating group) is 1. The van der Waals surface area contributed by atoms with E-state index in [1.54, 1.807) is 0 Å². The molecule has 0 atom stereocenters. The van der Waals surface area contributed by atoms with Crippen LogP contribution in [0.15, 0.2) is 24.3 Å². The molecule has 0 unspecified atom stereocenters. The summed E-state index contributed by atoms with van der Waals surface area (Å²) < 4.78 is 0. The van der Waals surface area contributed by atoms with Crippen molar-refractivity contribution in [1.29, 1.82) is 0 Å². The van der Waals surface area contributed by atoms with Crippen molar-refractivity contribution < 1.29 is 9.59 Å². The minimum atomic E-state index is -0.186. The van der Waals surface area contributed by atoms with Gasteiger partial charge in [0.2, 0.25) is 0 Å². The zero-order valence-corrected chi connectivity index (χ0v) is 17.3. The van der Waals surface area contributed by atoms with E-state index in [1.165, 1.54) is 12.5 Å². The Kier molecular flexibility index (Phi) is 6.31. The Morgan fingerprint density at radius 3 is 2.21 bits per heavy atom. The van der Waals surface area contributed by atoms with Crippen LogP contribution in [0.25, 0.3) is 0 Å². The smallest absolute Gasteiger partial charge is 0.268 e. The minimum absolute atomic E-state index is 0.0266. The van der Waals surface area contributed by atoms with Gasteiger partial charge in [-0.2, -0.15) is 0 Å². The van der Waals surface area contributed by atoms with Crippen molar-refractivity contribution in [1.82, 2.24) is 20.1 Å². The Balaban J connectivity index is 1.55. The van der Waals surface area contributed by atoms with E-state index < -0.39 is 0 Å². The van der Waals surface area contributed by atoms with Gasteiger partial charge < -0.3 is 15.2 Å². The number of H-pyrrole nitrogens is 1. The number of Topliss-reactive ketones (excluding diaryl/α,β-unsaturated/α-hetero) is 1. The van der Waals surface area contributed by atoms with Crippen LogP contribution in [0.5, 0.6) is 0 Å². The zero-order chi connectivity index (χ0) is 20.3. The number of amides is 1. The van der Waals surface area contributed by atoms with Crippen molar-refractivity contribution in [3.05, 3.63) is 57.9 Å². The van der Waals surface area contributed by atoms with E-state index in [9.17, 15) is 9.59 Å². The molecule has 2 N–H and O–H groups in total. The third kappa shape index (κ3) is 4.69. The summed E-state index contributed by atoms with van der Waals surface area (Å²) in [7, 11) is 2.16. The van der Waals surface area contributed by atoms with Crippen molar-refractivity contribution in [2.24, 2.45) is 0 Å². The topological polar surface area (TPSA) is 68.4 Å². The first-order chi connectivity index (χ1) is 13.3. The molecular formula is C22H30N4O2. The lowest BCUT2D eigenvalue weighted by Gasteiger charge is -2.32. The Morgan fingerprint density at radius 1 is 1.04 bits per heavy atom. The highest BCUT2D eigenvalue weighted by Crippen LogP contribution is 2.18. The number of hydrogen-bond donors (Lipinski definition) is 2. The maximum atomic E-state index is 12.5. The highest BCUT2D eigenvalue weighted by molar-refractivity contribution is 6.02. The Hall–Kier alpha value is -2.44. The minimum Gasteiger partial charge on any atom is -0.354 e. The number of carbonyl (C=O) groups is 2. The summed E-state index contributed by atoms with van der Waals surface area (Å²) in [5.41, 5.74) is 4.88. The molecule has 1 fully saturated rings. The molecule has 2 heterocycles. The summed E-state index contributed by atoms with van der Waals surface area (Å²) in [4.78, 5) is 32.1. The van der Waals surface area contributed by atoms with E-state index in [-0.39, 0.29) is 11.7 Å². The van der Waals surface area contributed by atoms with Crippen LogP contribution < -0.4 is 5.32 Å². The van der Waals surface area contributed by atoms with Gasteiger partial charge in [0.15, 0.2) is 5.78 Å². The van der Waals surface area contributed by atoms with E-state index in [1.807, 2.05) is 13.8 Å². The lowest BCUT2D eigenvalue weighted by atomic mass is 10.1. The quantitative estimate of drug-likeness (QED) is 0.754. The van der Waals surface area contributed by atoms with Crippen molar-refractivity contribution >= 4 is 11.7 Å². The van der Waals surface area contributed by atoms with E-state index >= 15 is 0 Å². The monoisotopic (exact) mass is 382 g/mol. The standard InChI is InChI=1S/C22H30N4O2/c1-15-20(17(3)27)16(2)24-21(15)22(28)23-13-18-5-7-19(8-6-18)14-26-11-9-25(4)10-12-26/h5-8,24H,9-14H2,1-4H3,(H,23,28). The van der Waals surface area contributed by atoms with E-state index in [0.717, 1.165) is 44.0 Å². The molecule has 1 aromatic heterocycles. The van der Waals surface area contributed by atoms with Crippen molar-refractivity contribution in [3.63, 3.8) is 0 Å². The fraction of sp³-hybridized carbons (Fsp3) is 0.455. The third-order valence-electron chi connectivity index (χ3n) is 5.49. The lowest BCUT2D eigenvalue weighted by molar-refractivity contribution is 0.0945. The van der Waals surface area contributed by atoms with Crippen LogP contribution in [-0.4, -0.2) is 59.7 Å². The second-order valence-corrected chi connectivity index (χ2v) is 7.76. The number of ketones is 1. The van der Waals surface area contributed by atoms with Gasteiger partial charge in [0, 0.05) is 50.5 Å². The van der Waals surface area contributed by atoms with E-state index in [2.05, 4.69) is 51.4 Å².